The quantitative estimate of drug-likeness (QED) is 0.650. The maximum absolute atomic E-state index is 11.2. The summed E-state index contributed by atoms with van der Waals surface area (Å²) in [6.45, 7) is 4.06. The topological polar surface area (TPSA) is 55.4 Å². The van der Waals surface area contributed by atoms with Crippen LogP contribution in [0.4, 0.5) is 0 Å². The molecule has 0 aromatic carbocycles. The van der Waals surface area contributed by atoms with E-state index in [1.54, 1.807) is 6.92 Å². The van der Waals surface area contributed by atoms with Gasteiger partial charge in [-0.1, -0.05) is 6.92 Å². The van der Waals surface area contributed by atoms with Gasteiger partial charge in [-0.3, -0.25) is 4.79 Å². The Hall–Kier alpha value is -1.06. The lowest BCUT2D eigenvalue weighted by molar-refractivity contribution is -0.145. The number of nitrogens with one attached hydrogen (secondary N) is 1. The van der Waals surface area contributed by atoms with E-state index in [4.69, 9.17) is 4.74 Å². The molecule has 1 fully saturated rings. The van der Waals surface area contributed by atoms with Crippen LogP contribution in [0.3, 0.4) is 0 Å². The molecular weight excluding hydrogens is 170 g/mol. The Morgan fingerprint density at radius 2 is 2.31 bits per heavy atom. The average molecular weight is 185 g/mol. The number of ether oxygens (including phenoxy) is 1. The van der Waals surface area contributed by atoms with Crippen molar-refractivity contribution < 1.29 is 14.3 Å². The van der Waals surface area contributed by atoms with Gasteiger partial charge >= 0.3 is 5.97 Å². The van der Waals surface area contributed by atoms with Crippen LogP contribution in [0, 0.1) is 5.92 Å². The summed E-state index contributed by atoms with van der Waals surface area (Å²) in [4.78, 5) is 22.4. The third-order valence-electron chi connectivity index (χ3n) is 2.27. The molecule has 0 radical (unpaired) electrons. The molecule has 74 valence electrons. The van der Waals surface area contributed by atoms with E-state index in [9.17, 15) is 9.59 Å². The summed E-state index contributed by atoms with van der Waals surface area (Å²) in [5.74, 6) is -0.359. The Kier molecular flexibility index (Phi) is 3.28. The van der Waals surface area contributed by atoms with Gasteiger partial charge in [0.1, 0.15) is 6.04 Å². The Balaban J connectivity index is 2.48. The largest absolute Gasteiger partial charge is 0.464 e. The summed E-state index contributed by atoms with van der Waals surface area (Å²) < 4.78 is 4.81. The molecule has 1 aliphatic rings. The normalized spacial score (nSPS) is 27.1. The van der Waals surface area contributed by atoms with Crippen molar-refractivity contribution >= 4 is 11.9 Å². The van der Waals surface area contributed by atoms with Crippen LogP contribution in [0.25, 0.3) is 0 Å². The van der Waals surface area contributed by atoms with Crippen molar-refractivity contribution in [3.05, 3.63) is 0 Å². The molecule has 4 heteroatoms. The first-order valence-electron chi connectivity index (χ1n) is 4.66. The Morgan fingerprint density at radius 1 is 1.62 bits per heavy atom. The van der Waals surface area contributed by atoms with Gasteiger partial charge in [0.05, 0.1) is 6.61 Å². The summed E-state index contributed by atoms with van der Waals surface area (Å²) in [6.07, 6.45) is 1.36. The molecule has 1 rings (SSSR count). The Labute approximate surface area is 77.6 Å². The molecule has 2 unspecified atom stereocenters. The van der Waals surface area contributed by atoms with E-state index in [0.29, 0.717) is 13.0 Å². The zero-order valence-electron chi connectivity index (χ0n) is 8.00. The number of esters is 1. The number of hydrogen-bond donors (Lipinski definition) is 1. The van der Waals surface area contributed by atoms with Gasteiger partial charge in [-0.05, 0) is 19.8 Å². The van der Waals surface area contributed by atoms with E-state index in [1.165, 1.54) is 0 Å². The van der Waals surface area contributed by atoms with Crippen molar-refractivity contribution in [2.24, 2.45) is 5.92 Å². The number of carbonyl (C=O) groups excluding carboxylic acids is 2. The fourth-order valence-electron chi connectivity index (χ4n) is 1.49. The van der Waals surface area contributed by atoms with Crippen LogP contribution in [0.5, 0.6) is 0 Å². The van der Waals surface area contributed by atoms with Gasteiger partial charge in [0, 0.05) is 5.92 Å². The van der Waals surface area contributed by atoms with Crippen molar-refractivity contribution in [3.63, 3.8) is 0 Å². The third-order valence-corrected chi connectivity index (χ3v) is 2.27. The highest BCUT2D eigenvalue weighted by molar-refractivity contribution is 5.89. The van der Waals surface area contributed by atoms with Gasteiger partial charge in [0.15, 0.2) is 0 Å². The number of amides is 1. The van der Waals surface area contributed by atoms with E-state index < -0.39 is 6.04 Å². The highest BCUT2D eigenvalue weighted by Crippen LogP contribution is 2.19. The minimum absolute atomic E-state index is 0.0191. The van der Waals surface area contributed by atoms with Crippen molar-refractivity contribution in [2.75, 3.05) is 6.61 Å². The highest BCUT2D eigenvalue weighted by Gasteiger charge is 2.35. The van der Waals surface area contributed by atoms with Gasteiger partial charge in [-0.15, -0.1) is 0 Å². The molecule has 4 nitrogen and oxygen atoms in total. The second-order valence-corrected chi connectivity index (χ2v) is 3.15. The molecule has 2 atom stereocenters. The van der Waals surface area contributed by atoms with Crippen molar-refractivity contribution in [1.29, 1.82) is 0 Å². The minimum atomic E-state index is -0.419. The molecule has 0 aliphatic carbocycles. The van der Waals surface area contributed by atoms with Gasteiger partial charge < -0.3 is 10.1 Å². The first kappa shape index (κ1) is 10.0. The lowest BCUT2D eigenvalue weighted by Gasteiger charge is -2.07. The molecule has 13 heavy (non-hydrogen) atoms. The van der Waals surface area contributed by atoms with Crippen LogP contribution in [0.2, 0.25) is 0 Å². The Bertz CT molecular complexity index is 215. The molecule has 1 heterocycles. The third kappa shape index (κ3) is 2.20. The monoisotopic (exact) mass is 185 g/mol. The van der Waals surface area contributed by atoms with Gasteiger partial charge in [0.2, 0.25) is 5.91 Å². The van der Waals surface area contributed by atoms with Crippen molar-refractivity contribution in [3.8, 4) is 0 Å². The van der Waals surface area contributed by atoms with Crippen molar-refractivity contribution in [2.45, 2.75) is 32.7 Å². The van der Waals surface area contributed by atoms with Crippen molar-refractivity contribution in [1.82, 2.24) is 5.32 Å². The number of hydrogen-bond acceptors (Lipinski definition) is 3. The van der Waals surface area contributed by atoms with E-state index in [-0.39, 0.29) is 17.8 Å². The van der Waals surface area contributed by atoms with Crippen LogP contribution in [0.15, 0.2) is 0 Å². The number of rotatable bonds is 3. The molecule has 0 aromatic heterocycles. The van der Waals surface area contributed by atoms with Gasteiger partial charge in [-0.2, -0.15) is 0 Å². The molecule has 1 N–H and O–H groups in total. The highest BCUT2D eigenvalue weighted by atomic mass is 16.5. The standard InChI is InChI=1S/C9H15NO3/c1-3-6-5-7(10-8(6)11)9(12)13-4-2/h6-7H,3-5H2,1-2H3,(H,10,11). The molecule has 0 spiro atoms. The van der Waals surface area contributed by atoms with E-state index in [0.717, 1.165) is 6.42 Å². The maximum atomic E-state index is 11.2. The molecule has 1 amide bonds. The van der Waals surface area contributed by atoms with Crippen LogP contribution in [-0.2, 0) is 14.3 Å². The second-order valence-electron chi connectivity index (χ2n) is 3.15. The van der Waals surface area contributed by atoms with Crippen LogP contribution < -0.4 is 5.32 Å². The SMILES string of the molecule is CCOC(=O)C1CC(CC)C(=O)N1. The van der Waals surface area contributed by atoms with Crippen LogP contribution in [-0.4, -0.2) is 24.5 Å². The van der Waals surface area contributed by atoms with E-state index in [2.05, 4.69) is 5.32 Å². The minimum Gasteiger partial charge on any atom is -0.464 e. The van der Waals surface area contributed by atoms with Crippen LogP contribution in [0.1, 0.15) is 26.7 Å². The molecule has 1 aliphatic heterocycles. The second kappa shape index (κ2) is 4.25. The molecule has 0 aromatic rings. The predicted octanol–water partition coefficient (Wildman–Crippen LogP) is 0.464. The first-order chi connectivity index (χ1) is 6.19. The van der Waals surface area contributed by atoms with Crippen LogP contribution >= 0.6 is 0 Å². The predicted molar refractivity (Wildman–Crippen MR) is 47.0 cm³/mol. The summed E-state index contributed by atoms with van der Waals surface area (Å²) >= 11 is 0. The summed E-state index contributed by atoms with van der Waals surface area (Å²) in [6, 6.07) is -0.419. The first-order valence-corrected chi connectivity index (χ1v) is 4.66. The lowest BCUT2D eigenvalue weighted by atomic mass is 10.0. The summed E-state index contributed by atoms with van der Waals surface area (Å²) in [5.41, 5.74) is 0. The molecule has 1 saturated heterocycles. The van der Waals surface area contributed by atoms with E-state index in [1.807, 2.05) is 6.92 Å². The van der Waals surface area contributed by atoms with Gasteiger partial charge in [0.25, 0.3) is 0 Å². The summed E-state index contributed by atoms with van der Waals surface area (Å²) in [5, 5.41) is 2.63. The maximum Gasteiger partial charge on any atom is 0.328 e. The molecule has 0 saturated carbocycles. The zero-order chi connectivity index (χ0) is 9.84. The van der Waals surface area contributed by atoms with E-state index >= 15 is 0 Å². The lowest BCUT2D eigenvalue weighted by Crippen LogP contribution is -2.34. The fourth-order valence-corrected chi connectivity index (χ4v) is 1.49. The molecule has 0 bridgehead atoms. The Morgan fingerprint density at radius 3 is 2.77 bits per heavy atom. The number of carbonyl (C=O) groups is 2. The smallest absolute Gasteiger partial charge is 0.328 e. The molecular formula is C9H15NO3. The average Bonchev–Trinajstić information content (AvgIpc) is 2.47. The summed E-state index contributed by atoms with van der Waals surface area (Å²) in [7, 11) is 0. The fraction of sp³-hybridized carbons (Fsp3) is 0.778. The zero-order valence-corrected chi connectivity index (χ0v) is 8.00. The van der Waals surface area contributed by atoms with Gasteiger partial charge in [-0.25, -0.2) is 4.79 Å².